The average molecular weight is 578 g/mol. The van der Waals surface area contributed by atoms with Gasteiger partial charge >= 0.3 is 0 Å². The molecule has 2 aromatic carbocycles. The fraction of sp³-hybridized carbons (Fsp3) is 0.219. The average Bonchev–Trinajstić information content (AvgIpc) is 3.75. The zero-order chi connectivity index (χ0) is 30.2. The number of nitrogens with one attached hydrogen (secondary N) is 2. The van der Waals surface area contributed by atoms with Crippen molar-refractivity contribution in [1.82, 2.24) is 29.6 Å². The molecule has 0 bridgehead atoms. The Hall–Kier alpha value is -5.47. The highest BCUT2D eigenvalue weighted by Crippen LogP contribution is 2.24. The maximum absolute atomic E-state index is 14.0. The fourth-order valence-corrected chi connectivity index (χ4v) is 4.85. The predicted octanol–water partition coefficient (Wildman–Crippen LogP) is 3.00. The van der Waals surface area contributed by atoms with Crippen LogP contribution in [-0.2, 0) is 9.53 Å². The minimum atomic E-state index is -0.596. The molecule has 0 aliphatic carbocycles. The quantitative estimate of drug-likeness (QED) is 0.160. The number of hydrogen-bond acceptors (Lipinski definition) is 7. The molecule has 1 unspecified atom stereocenters. The minimum absolute atomic E-state index is 0.0552. The maximum atomic E-state index is 14.0. The molecular formula is C32H31N7O4. The van der Waals surface area contributed by atoms with Crippen LogP contribution in [0.4, 0.5) is 5.82 Å². The lowest BCUT2D eigenvalue weighted by atomic mass is 10.0. The molecule has 0 radical (unpaired) electrons. The monoisotopic (exact) mass is 577 g/mol. The molecule has 4 N–H and O–H groups in total. The summed E-state index contributed by atoms with van der Waals surface area (Å²) < 4.78 is 8.12. The molecule has 3 aromatic heterocycles. The van der Waals surface area contributed by atoms with Crippen LogP contribution < -0.4 is 21.9 Å². The SMILES string of the molecule is C1CCOC1.CC(NC(=O)c1c(N)ncn2ccnc12)c1cc2cccc(C#CCNC=O)c2c(=O)n1-c1ccccc1. The number of hydrogen-bond donors (Lipinski definition) is 3. The number of aromatic nitrogens is 4. The molecule has 1 aliphatic rings. The summed E-state index contributed by atoms with van der Waals surface area (Å²) in [4.78, 5) is 46.2. The van der Waals surface area contributed by atoms with Crippen LogP contribution in [0.25, 0.3) is 22.1 Å². The second-order valence-electron chi connectivity index (χ2n) is 9.79. The Morgan fingerprint density at radius 1 is 1.14 bits per heavy atom. The first kappa shape index (κ1) is 29.0. The molecule has 1 atom stereocenters. The third-order valence-electron chi connectivity index (χ3n) is 6.90. The lowest BCUT2D eigenvalue weighted by molar-refractivity contribution is -0.109. The molecule has 0 saturated carbocycles. The van der Waals surface area contributed by atoms with Crippen molar-refractivity contribution >= 4 is 34.6 Å². The van der Waals surface area contributed by atoms with Crippen molar-refractivity contribution in [2.24, 2.45) is 0 Å². The number of rotatable bonds is 6. The minimum Gasteiger partial charge on any atom is -0.383 e. The Morgan fingerprint density at radius 2 is 1.93 bits per heavy atom. The van der Waals surface area contributed by atoms with Gasteiger partial charge in [-0.1, -0.05) is 42.2 Å². The molecule has 0 spiro atoms. The Morgan fingerprint density at radius 3 is 2.65 bits per heavy atom. The molecule has 11 nitrogen and oxygen atoms in total. The number of imidazole rings is 1. The van der Waals surface area contributed by atoms with E-state index in [9.17, 15) is 14.4 Å². The van der Waals surface area contributed by atoms with Gasteiger partial charge in [0.25, 0.3) is 11.5 Å². The van der Waals surface area contributed by atoms with Crippen LogP contribution >= 0.6 is 0 Å². The predicted molar refractivity (Wildman–Crippen MR) is 164 cm³/mol. The molecular weight excluding hydrogens is 546 g/mol. The summed E-state index contributed by atoms with van der Waals surface area (Å²) in [5, 5.41) is 6.56. The van der Waals surface area contributed by atoms with Crippen LogP contribution in [0, 0.1) is 11.8 Å². The number of anilines is 1. The van der Waals surface area contributed by atoms with Crippen LogP contribution in [0.3, 0.4) is 0 Å². The summed E-state index contributed by atoms with van der Waals surface area (Å²) in [5.41, 5.74) is 8.03. The molecule has 11 heteroatoms. The molecule has 43 heavy (non-hydrogen) atoms. The van der Waals surface area contributed by atoms with E-state index in [0.717, 1.165) is 13.2 Å². The highest BCUT2D eigenvalue weighted by Gasteiger charge is 2.23. The van der Waals surface area contributed by atoms with Gasteiger partial charge in [-0.2, -0.15) is 0 Å². The summed E-state index contributed by atoms with van der Waals surface area (Å²) >= 11 is 0. The van der Waals surface area contributed by atoms with Gasteiger partial charge in [0.15, 0.2) is 5.65 Å². The van der Waals surface area contributed by atoms with E-state index in [0.29, 0.717) is 39.8 Å². The van der Waals surface area contributed by atoms with Crippen molar-refractivity contribution < 1.29 is 14.3 Å². The van der Waals surface area contributed by atoms with E-state index >= 15 is 0 Å². The third kappa shape index (κ3) is 6.39. The number of amides is 2. The highest BCUT2D eigenvalue weighted by molar-refractivity contribution is 6.04. The molecule has 2 amide bonds. The lowest BCUT2D eigenvalue weighted by Crippen LogP contribution is -2.33. The van der Waals surface area contributed by atoms with E-state index in [1.807, 2.05) is 48.5 Å². The fourth-order valence-electron chi connectivity index (χ4n) is 4.85. The summed E-state index contributed by atoms with van der Waals surface area (Å²) in [6, 6.07) is 15.8. The van der Waals surface area contributed by atoms with Gasteiger partial charge < -0.3 is 21.1 Å². The third-order valence-corrected chi connectivity index (χ3v) is 6.90. The van der Waals surface area contributed by atoms with E-state index < -0.39 is 11.9 Å². The smallest absolute Gasteiger partial charge is 0.264 e. The molecule has 1 saturated heterocycles. The van der Waals surface area contributed by atoms with Gasteiger partial charge in [-0.05, 0) is 49.4 Å². The van der Waals surface area contributed by atoms with Crippen LogP contribution in [-0.4, -0.2) is 51.0 Å². The van der Waals surface area contributed by atoms with Crippen LogP contribution in [0.15, 0.2) is 78.1 Å². The normalized spacial score (nSPS) is 13.0. The van der Waals surface area contributed by atoms with E-state index in [2.05, 4.69) is 32.4 Å². The first-order valence-electron chi connectivity index (χ1n) is 13.9. The van der Waals surface area contributed by atoms with Gasteiger partial charge in [0, 0.05) is 42.6 Å². The van der Waals surface area contributed by atoms with Crippen LogP contribution in [0.2, 0.25) is 0 Å². The van der Waals surface area contributed by atoms with Crippen molar-refractivity contribution in [3.05, 3.63) is 100 Å². The summed E-state index contributed by atoms with van der Waals surface area (Å²) in [5.74, 6) is 5.43. The van der Waals surface area contributed by atoms with Gasteiger partial charge in [0.1, 0.15) is 17.7 Å². The number of nitrogens with zero attached hydrogens (tertiary/aromatic N) is 4. The Bertz CT molecular complexity index is 1880. The van der Waals surface area contributed by atoms with Gasteiger partial charge in [-0.25, -0.2) is 9.97 Å². The number of nitrogen functional groups attached to an aromatic ring is 1. The summed E-state index contributed by atoms with van der Waals surface area (Å²) in [7, 11) is 0. The number of ether oxygens (including phenoxy) is 1. The standard InChI is InChI=1S/C28H23N7O3.C4H8O/c1-18(33-27(37)24-25(29)32-16-34-14-13-31-26(24)34)22-15-20-8-5-7-19(9-6-12-30-17-36)23(20)28(38)35(22)21-10-3-2-4-11-21;1-2-4-5-3-1/h2-5,7-8,10-11,13-18H,12,29H2,1H3,(H,30,36)(H,33,37);1-4H2. The van der Waals surface area contributed by atoms with Crippen molar-refractivity contribution in [3.8, 4) is 17.5 Å². The van der Waals surface area contributed by atoms with Gasteiger partial charge in [-0.15, -0.1) is 0 Å². The molecule has 4 heterocycles. The summed E-state index contributed by atoms with van der Waals surface area (Å²) in [6.07, 6.45) is 7.85. The van der Waals surface area contributed by atoms with Crippen LogP contribution in [0.1, 0.15) is 47.4 Å². The highest BCUT2D eigenvalue weighted by atomic mass is 16.5. The van der Waals surface area contributed by atoms with E-state index in [1.165, 1.54) is 19.2 Å². The summed E-state index contributed by atoms with van der Waals surface area (Å²) in [6.45, 7) is 3.96. The zero-order valence-corrected chi connectivity index (χ0v) is 23.6. The van der Waals surface area contributed by atoms with Crippen molar-refractivity contribution in [3.63, 3.8) is 0 Å². The zero-order valence-electron chi connectivity index (χ0n) is 23.6. The number of carbonyl (C=O) groups excluding carboxylic acids is 2. The first-order chi connectivity index (χ1) is 21.0. The van der Waals surface area contributed by atoms with Gasteiger partial charge in [-0.3, -0.25) is 23.4 Å². The van der Waals surface area contributed by atoms with E-state index in [4.69, 9.17) is 10.5 Å². The number of benzene rings is 2. The van der Waals surface area contributed by atoms with Crippen LogP contribution in [0.5, 0.6) is 0 Å². The van der Waals surface area contributed by atoms with Gasteiger partial charge in [0.05, 0.1) is 18.0 Å². The van der Waals surface area contributed by atoms with Crippen molar-refractivity contribution in [2.75, 3.05) is 25.5 Å². The molecule has 5 aromatic rings. The largest absolute Gasteiger partial charge is 0.383 e. The number of para-hydroxylation sites is 1. The Kier molecular flexibility index (Phi) is 9.09. The number of carbonyl (C=O) groups is 2. The number of pyridine rings is 1. The Labute approximate surface area is 247 Å². The number of fused-ring (bicyclic) bond motifs is 2. The second kappa shape index (κ2) is 13.5. The maximum Gasteiger partial charge on any atom is 0.264 e. The molecule has 1 aliphatic heterocycles. The first-order valence-corrected chi connectivity index (χ1v) is 13.9. The molecule has 1 fully saturated rings. The number of nitrogens with two attached hydrogens (primary N) is 1. The topological polar surface area (TPSA) is 146 Å². The second-order valence-corrected chi connectivity index (χ2v) is 9.79. The van der Waals surface area contributed by atoms with Crippen molar-refractivity contribution in [2.45, 2.75) is 25.8 Å². The van der Waals surface area contributed by atoms with E-state index in [-0.39, 0.29) is 23.5 Å². The van der Waals surface area contributed by atoms with E-state index in [1.54, 1.807) is 34.4 Å². The van der Waals surface area contributed by atoms with Gasteiger partial charge in [0.2, 0.25) is 6.41 Å². The Balaban J connectivity index is 0.000000668. The lowest BCUT2D eigenvalue weighted by Gasteiger charge is -2.21. The molecule has 218 valence electrons. The molecule has 6 rings (SSSR count). The van der Waals surface area contributed by atoms with Crippen molar-refractivity contribution in [1.29, 1.82) is 0 Å².